The van der Waals surface area contributed by atoms with Crippen LogP contribution in [0.5, 0.6) is 11.5 Å². The molecular weight excluding hydrogens is 691 g/mol. The zero-order valence-corrected chi connectivity index (χ0v) is 30.1. The van der Waals surface area contributed by atoms with Crippen LogP contribution in [0, 0.1) is 17.1 Å². The third-order valence-corrected chi connectivity index (χ3v) is 15.0. The van der Waals surface area contributed by atoms with Gasteiger partial charge in [-0.2, -0.15) is 9.98 Å². The maximum atomic E-state index is 13.7. The Hall–Kier alpha value is -2.77. The van der Waals surface area contributed by atoms with Gasteiger partial charge in [-0.3, -0.25) is 4.90 Å². The van der Waals surface area contributed by atoms with E-state index in [9.17, 15) is 17.4 Å². The lowest BCUT2D eigenvalue weighted by Crippen LogP contribution is -2.75. The van der Waals surface area contributed by atoms with Crippen molar-refractivity contribution in [1.82, 2.24) is 9.62 Å². The first kappa shape index (κ1) is 34.7. The minimum absolute atomic E-state index is 0.0813. The largest absolute Gasteiger partial charge is 0.751 e. The average Bonchev–Trinajstić information content (AvgIpc) is 3.55. The molecule has 49 heavy (non-hydrogen) atoms. The van der Waals surface area contributed by atoms with Crippen molar-refractivity contribution in [3.8, 4) is 17.6 Å². The summed E-state index contributed by atoms with van der Waals surface area (Å²) in [5.41, 5.74) is -0.185. The molecule has 7 heterocycles. The Kier molecular flexibility index (Phi) is 9.97. The molecule has 262 valence electrons. The van der Waals surface area contributed by atoms with Crippen LogP contribution in [-0.2, 0) is 19.1 Å². The molecule has 6 aliphatic heterocycles. The van der Waals surface area contributed by atoms with E-state index in [0.717, 1.165) is 38.5 Å². The molecule has 1 atom stereocenters. The van der Waals surface area contributed by atoms with E-state index in [4.69, 9.17) is 19.0 Å². The molecule has 0 aliphatic carbocycles. The first-order valence-electron chi connectivity index (χ1n) is 17.0. The van der Waals surface area contributed by atoms with E-state index in [1.54, 1.807) is 12.1 Å². The quantitative estimate of drug-likeness (QED) is 0.143. The van der Waals surface area contributed by atoms with Crippen LogP contribution >= 0.6 is 19.6 Å². The van der Waals surface area contributed by atoms with E-state index in [-0.39, 0.29) is 15.5 Å². The molecule has 4 bridgehead atoms. The number of nitrogens with zero attached hydrogens (tertiary/aromatic N) is 5. The Balaban J connectivity index is 0.853. The first-order valence-corrected chi connectivity index (χ1v) is 20.4. The molecule has 9 rings (SSSR count). The average molecular weight is 735 g/mol. The third-order valence-electron chi connectivity index (χ3n) is 11.3. The monoisotopic (exact) mass is 734 g/mol. The summed E-state index contributed by atoms with van der Waals surface area (Å²) in [6.07, 6.45) is 1.35. The standard InChI is InChI=1S/C33H44FN6O6PS2/c34-31-24-30(3-2-27(31)25-35)46-47(41)45-26-36-49(42,43)33-23-28-22-29(4-5-32(28)48-33)44-21-20-40-17-14-39(15-18-40,16-19-40)10-1-9-38-11-6-37(7-12-38)8-13-38/h2-5,22-24,36H,1,6-21,26H2/q+4. The van der Waals surface area contributed by atoms with Gasteiger partial charge in [0.15, 0.2) is 12.5 Å². The van der Waals surface area contributed by atoms with Gasteiger partial charge in [0.05, 0.1) is 38.3 Å². The highest BCUT2D eigenvalue weighted by Crippen LogP contribution is 2.33. The van der Waals surface area contributed by atoms with Crippen LogP contribution in [0.3, 0.4) is 0 Å². The van der Waals surface area contributed by atoms with Gasteiger partial charge >= 0.3 is 8.25 Å². The molecule has 1 unspecified atom stereocenters. The highest BCUT2D eigenvalue weighted by atomic mass is 32.2. The van der Waals surface area contributed by atoms with E-state index in [1.165, 1.54) is 119 Å². The predicted octanol–water partition coefficient (Wildman–Crippen LogP) is 3.48. The minimum Gasteiger partial charge on any atom is -0.488 e. The molecule has 0 saturated carbocycles. The van der Waals surface area contributed by atoms with Gasteiger partial charge in [0, 0.05) is 41.4 Å². The number of ether oxygens (including phenoxy) is 1. The van der Waals surface area contributed by atoms with Crippen molar-refractivity contribution in [2.75, 3.05) is 112 Å². The van der Waals surface area contributed by atoms with Crippen LogP contribution in [0.25, 0.3) is 10.1 Å². The predicted molar refractivity (Wildman–Crippen MR) is 183 cm³/mol. The number of fused-ring (bicyclic) bond motifs is 7. The molecule has 6 aliphatic rings. The van der Waals surface area contributed by atoms with Crippen LogP contribution in [0.2, 0.25) is 0 Å². The number of sulfonamides is 1. The Labute approximate surface area is 291 Å². The fraction of sp³-hybridized carbons (Fsp3) is 0.545. The molecule has 0 spiro atoms. The SMILES string of the molecule is N#Cc1ccc(O[P+](=O)OCNS(=O)(=O)c2cc3cc(OCC[N+]45CC[N+](CCC[N+]67CCN(CC6)CC7)(CC4)CC5)ccc3s2)cc1F. The van der Waals surface area contributed by atoms with Crippen LogP contribution in [-0.4, -0.2) is 138 Å². The summed E-state index contributed by atoms with van der Waals surface area (Å²) in [7, 11) is -6.76. The normalized spacial score (nSPS) is 28.0. The van der Waals surface area contributed by atoms with E-state index in [2.05, 4.69) is 9.62 Å². The number of benzene rings is 2. The number of hydrogen-bond donors (Lipinski definition) is 1. The van der Waals surface area contributed by atoms with Crippen molar-refractivity contribution in [2.45, 2.75) is 10.6 Å². The minimum atomic E-state index is -3.96. The van der Waals surface area contributed by atoms with Gasteiger partial charge in [-0.1, -0.05) is 4.52 Å². The Morgan fingerprint density at radius 3 is 2.16 bits per heavy atom. The van der Waals surface area contributed by atoms with Gasteiger partial charge in [-0.15, -0.1) is 11.3 Å². The van der Waals surface area contributed by atoms with Crippen molar-refractivity contribution < 1.29 is 44.6 Å². The topological polar surface area (TPSA) is 118 Å². The number of hydrogen-bond acceptors (Lipinski definition) is 9. The molecule has 2 aromatic carbocycles. The van der Waals surface area contributed by atoms with Gasteiger partial charge in [-0.25, -0.2) is 17.3 Å². The number of nitrogens with one attached hydrogen (secondary N) is 1. The summed E-state index contributed by atoms with van der Waals surface area (Å²) in [4.78, 5) is 2.62. The van der Waals surface area contributed by atoms with Gasteiger partial charge in [0.2, 0.25) is 0 Å². The molecule has 16 heteroatoms. The number of rotatable bonds is 15. The van der Waals surface area contributed by atoms with Gasteiger partial charge < -0.3 is 18.2 Å². The lowest BCUT2D eigenvalue weighted by atomic mass is 10.1. The van der Waals surface area contributed by atoms with E-state index < -0.39 is 30.8 Å². The van der Waals surface area contributed by atoms with Crippen LogP contribution in [0.1, 0.15) is 12.0 Å². The number of thiophene rings is 1. The van der Waals surface area contributed by atoms with Gasteiger partial charge in [0.25, 0.3) is 10.0 Å². The van der Waals surface area contributed by atoms with E-state index >= 15 is 0 Å². The highest BCUT2D eigenvalue weighted by molar-refractivity contribution is 7.91. The fourth-order valence-corrected chi connectivity index (χ4v) is 10.9. The molecule has 12 nitrogen and oxygen atoms in total. The molecule has 6 saturated heterocycles. The zero-order chi connectivity index (χ0) is 34.1. The summed E-state index contributed by atoms with van der Waals surface area (Å²) >= 11 is 1.11. The third kappa shape index (κ3) is 7.78. The smallest absolute Gasteiger partial charge is 0.488 e. The zero-order valence-electron chi connectivity index (χ0n) is 27.6. The summed E-state index contributed by atoms with van der Waals surface area (Å²) in [5, 5.41) is 9.56. The molecule has 0 radical (unpaired) electrons. The molecule has 1 N–H and O–H groups in total. The second kappa shape index (κ2) is 14.1. The van der Waals surface area contributed by atoms with Crippen LogP contribution in [0.4, 0.5) is 4.39 Å². The maximum absolute atomic E-state index is 13.7. The number of piperazine rings is 6. The Morgan fingerprint density at radius 2 is 1.51 bits per heavy atom. The number of nitriles is 1. The van der Waals surface area contributed by atoms with Crippen molar-refractivity contribution in [3.05, 3.63) is 53.8 Å². The maximum Gasteiger partial charge on any atom is 0.751 e. The molecule has 1 aromatic heterocycles. The first-order chi connectivity index (χ1) is 23.6. The van der Waals surface area contributed by atoms with E-state index in [0.29, 0.717) is 12.4 Å². The van der Waals surface area contributed by atoms with Crippen molar-refractivity contribution in [2.24, 2.45) is 0 Å². The van der Waals surface area contributed by atoms with Crippen LogP contribution < -0.4 is 14.0 Å². The molecule has 6 fully saturated rings. The van der Waals surface area contributed by atoms with Crippen molar-refractivity contribution in [3.63, 3.8) is 0 Å². The van der Waals surface area contributed by atoms with Crippen molar-refractivity contribution >= 4 is 39.7 Å². The molecular formula is C33H44FN6O6PS2+4. The highest BCUT2D eigenvalue weighted by Gasteiger charge is 2.49. The summed E-state index contributed by atoms with van der Waals surface area (Å²) in [6.45, 7) is 19.0. The fourth-order valence-electron chi connectivity index (χ4n) is 7.98. The molecule has 0 amide bonds. The number of quaternary nitrogens is 3. The lowest BCUT2D eigenvalue weighted by molar-refractivity contribution is -1.08. The molecule has 3 aromatic rings. The van der Waals surface area contributed by atoms with E-state index in [1.807, 2.05) is 18.2 Å². The summed E-state index contributed by atoms with van der Waals surface area (Å²) in [5.74, 6) is -0.230. The number of halogens is 1. The Bertz CT molecular complexity index is 1820. The van der Waals surface area contributed by atoms with Crippen molar-refractivity contribution in [1.29, 1.82) is 5.26 Å². The summed E-state index contributed by atoms with van der Waals surface area (Å²) in [6, 6.07) is 12.2. The summed E-state index contributed by atoms with van der Waals surface area (Å²) < 4.78 is 74.8. The van der Waals surface area contributed by atoms with Gasteiger partial charge in [0.1, 0.15) is 74.3 Å². The second-order valence-electron chi connectivity index (χ2n) is 14.0. The van der Waals surface area contributed by atoms with Gasteiger partial charge in [-0.05, 0) is 41.8 Å². The van der Waals surface area contributed by atoms with Crippen LogP contribution in [0.15, 0.2) is 46.7 Å². The second-order valence-corrected chi connectivity index (χ2v) is 18.0. The Morgan fingerprint density at radius 1 is 0.878 bits per heavy atom. The lowest BCUT2D eigenvalue weighted by Gasteiger charge is -2.56.